The summed E-state index contributed by atoms with van der Waals surface area (Å²) in [6, 6.07) is 5.57. The number of aromatic hydroxyl groups is 4. The maximum atomic E-state index is 12.9. The molecule has 6 heteroatoms. The van der Waals surface area contributed by atoms with Gasteiger partial charge in [0.15, 0.2) is 17.3 Å². The molecule has 1 aliphatic rings. The standard InChI is InChI=1S/C30H36O6/c1-18(2)7-5-8-19(3)9-6-10-20(4)11-13-22-24(32)16-28-29(30(22)35)26(34)17-27(36-28)21-12-14-23(31)25(33)15-21/h7,9,11-12,14-16,27,31-33,35H,5-6,8,10,13,17H2,1-4H3/t27-/m0/s1. The van der Waals surface area contributed by atoms with Crippen LogP contribution in [-0.4, -0.2) is 26.2 Å². The van der Waals surface area contributed by atoms with Crippen LogP contribution >= 0.6 is 0 Å². The highest BCUT2D eigenvalue weighted by Gasteiger charge is 2.32. The Balaban J connectivity index is 1.69. The highest BCUT2D eigenvalue weighted by Crippen LogP contribution is 2.45. The Morgan fingerprint density at radius 3 is 2.22 bits per heavy atom. The van der Waals surface area contributed by atoms with E-state index in [1.165, 1.54) is 29.3 Å². The van der Waals surface area contributed by atoms with Crippen molar-refractivity contribution >= 4 is 5.78 Å². The van der Waals surface area contributed by atoms with Gasteiger partial charge in [-0.3, -0.25) is 4.79 Å². The molecule has 0 aromatic heterocycles. The summed E-state index contributed by atoms with van der Waals surface area (Å²) in [4.78, 5) is 12.9. The van der Waals surface area contributed by atoms with E-state index in [1.807, 2.05) is 13.0 Å². The summed E-state index contributed by atoms with van der Waals surface area (Å²) >= 11 is 0. The summed E-state index contributed by atoms with van der Waals surface area (Å²) in [5.74, 6) is -1.21. The van der Waals surface area contributed by atoms with Crippen molar-refractivity contribution in [3.63, 3.8) is 0 Å². The number of carbonyl (C=O) groups is 1. The van der Waals surface area contributed by atoms with Crippen LogP contribution in [-0.2, 0) is 6.42 Å². The van der Waals surface area contributed by atoms with Gasteiger partial charge >= 0.3 is 0 Å². The Morgan fingerprint density at radius 1 is 0.889 bits per heavy atom. The molecule has 0 saturated heterocycles. The van der Waals surface area contributed by atoms with E-state index in [0.29, 0.717) is 17.5 Å². The zero-order valence-corrected chi connectivity index (χ0v) is 21.5. The number of benzene rings is 2. The van der Waals surface area contributed by atoms with Gasteiger partial charge in [0.1, 0.15) is 28.9 Å². The van der Waals surface area contributed by atoms with Crippen LogP contribution in [0.4, 0.5) is 0 Å². The molecule has 2 aromatic rings. The molecule has 1 heterocycles. The fourth-order valence-corrected chi connectivity index (χ4v) is 4.24. The van der Waals surface area contributed by atoms with Gasteiger partial charge < -0.3 is 25.2 Å². The molecular formula is C30H36O6. The van der Waals surface area contributed by atoms with Crippen LogP contribution < -0.4 is 4.74 Å². The molecule has 0 fully saturated rings. The Labute approximate surface area is 212 Å². The predicted molar refractivity (Wildman–Crippen MR) is 141 cm³/mol. The molecule has 0 bridgehead atoms. The van der Waals surface area contributed by atoms with Gasteiger partial charge in [0, 0.05) is 11.6 Å². The lowest BCUT2D eigenvalue weighted by molar-refractivity contribution is 0.0844. The number of phenolic OH excluding ortho intramolecular Hbond substituents is 4. The van der Waals surface area contributed by atoms with Crippen molar-refractivity contribution in [1.82, 2.24) is 0 Å². The van der Waals surface area contributed by atoms with Gasteiger partial charge in [0.2, 0.25) is 0 Å². The molecule has 192 valence electrons. The molecule has 0 radical (unpaired) electrons. The van der Waals surface area contributed by atoms with Gasteiger partial charge in [-0.15, -0.1) is 0 Å². The van der Waals surface area contributed by atoms with Crippen molar-refractivity contribution in [3.8, 4) is 28.7 Å². The van der Waals surface area contributed by atoms with E-state index in [9.17, 15) is 25.2 Å². The number of phenols is 4. The first-order valence-electron chi connectivity index (χ1n) is 12.3. The first kappa shape index (κ1) is 26.9. The Morgan fingerprint density at radius 2 is 1.56 bits per heavy atom. The molecule has 3 rings (SSSR count). The van der Waals surface area contributed by atoms with Crippen LogP contribution in [0.5, 0.6) is 28.7 Å². The van der Waals surface area contributed by atoms with Crippen molar-refractivity contribution in [1.29, 1.82) is 0 Å². The van der Waals surface area contributed by atoms with Gasteiger partial charge in [0.05, 0.1) is 6.42 Å². The highest BCUT2D eigenvalue weighted by molar-refractivity contribution is 6.03. The van der Waals surface area contributed by atoms with Crippen molar-refractivity contribution in [3.05, 3.63) is 75.9 Å². The molecule has 0 spiro atoms. The molecule has 1 aliphatic heterocycles. The fraction of sp³-hybridized carbons (Fsp3) is 0.367. The van der Waals surface area contributed by atoms with Crippen LogP contribution in [0.2, 0.25) is 0 Å². The minimum Gasteiger partial charge on any atom is -0.507 e. The third-order valence-electron chi connectivity index (χ3n) is 6.41. The van der Waals surface area contributed by atoms with Crippen LogP contribution in [0.15, 0.2) is 59.2 Å². The van der Waals surface area contributed by atoms with Crippen LogP contribution in [0, 0.1) is 0 Å². The van der Waals surface area contributed by atoms with E-state index in [4.69, 9.17) is 4.74 Å². The van der Waals surface area contributed by atoms with E-state index in [-0.39, 0.29) is 46.5 Å². The smallest absolute Gasteiger partial charge is 0.174 e. The maximum Gasteiger partial charge on any atom is 0.174 e. The third-order valence-corrected chi connectivity index (χ3v) is 6.41. The van der Waals surface area contributed by atoms with E-state index >= 15 is 0 Å². The molecule has 0 aliphatic carbocycles. The summed E-state index contributed by atoms with van der Waals surface area (Å²) < 4.78 is 5.88. The van der Waals surface area contributed by atoms with Gasteiger partial charge in [0.25, 0.3) is 0 Å². The number of ether oxygens (including phenoxy) is 1. The van der Waals surface area contributed by atoms with Gasteiger partial charge in [-0.05, 0) is 77.5 Å². The average molecular weight is 493 g/mol. The number of rotatable bonds is 9. The number of carbonyl (C=O) groups excluding carboxylic acids is 1. The summed E-state index contributed by atoms with van der Waals surface area (Å²) in [6.07, 6.45) is 9.91. The normalized spacial score (nSPS) is 15.9. The Bertz CT molecular complexity index is 1210. The lowest BCUT2D eigenvalue weighted by atomic mass is 9.92. The molecule has 0 unspecified atom stereocenters. The molecule has 36 heavy (non-hydrogen) atoms. The molecule has 2 aromatic carbocycles. The number of Topliss-reactive ketones (excluding diaryl/α,β-unsaturated/α-hetero) is 1. The summed E-state index contributed by atoms with van der Waals surface area (Å²) in [5.41, 5.74) is 4.69. The largest absolute Gasteiger partial charge is 0.507 e. The first-order chi connectivity index (χ1) is 17.1. The predicted octanol–water partition coefficient (Wildman–Crippen LogP) is 7.18. The van der Waals surface area contributed by atoms with E-state index in [0.717, 1.165) is 31.3 Å². The maximum absolute atomic E-state index is 12.9. The monoisotopic (exact) mass is 492 g/mol. The lowest BCUT2D eigenvalue weighted by Gasteiger charge is -2.27. The van der Waals surface area contributed by atoms with Gasteiger partial charge in [-0.2, -0.15) is 0 Å². The first-order valence-corrected chi connectivity index (χ1v) is 12.3. The minimum absolute atomic E-state index is 0.0385. The van der Waals surface area contributed by atoms with Crippen molar-refractivity contribution < 1.29 is 30.0 Å². The van der Waals surface area contributed by atoms with Crippen LogP contribution in [0.25, 0.3) is 0 Å². The van der Waals surface area contributed by atoms with Crippen molar-refractivity contribution in [2.75, 3.05) is 0 Å². The van der Waals surface area contributed by atoms with E-state index in [2.05, 4.69) is 32.9 Å². The quantitative estimate of drug-likeness (QED) is 0.218. The van der Waals surface area contributed by atoms with E-state index in [1.54, 1.807) is 6.07 Å². The van der Waals surface area contributed by atoms with Crippen LogP contribution in [0.1, 0.15) is 87.4 Å². The summed E-state index contributed by atoms with van der Waals surface area (Å²) in [6.45, 7) is 8.38. The fourth-order valence-electron chi connectivity index (χ4n) is 4.24. The third kappa shape index (κ3) is 6.72. The molecule has 6 nitrogen and oxygen atoms in total. The summed E-state index contributed by atoms with van der Waals surface area (Å²) in [5, 5.41) is 40.7. The van der Waals surface area contributed by atoms with Crippen molar-refractivity contribution in [2.45, 2.75) is 72.3 Å². The second-order valence-electron chi connectivity index (χ2n) is 9.74. The van der Waals surface area contributed by atoms with Gasteiger partial charge in [-0.1, -0.05) is 41.0 Å². The van der Waals surface area contributed by atoms with Gasteiger partial charge in [-0.25, -0.2) is 0 Å². The Kier molecular flexibility index (Phi) is 8.86. The zero-order valence-electron chi connectivity index (χ0n) is 21.5. The molecule has 4 N–H and O–H groups in total. The number of ketones is 1. The SMILES string of the molecule is CC(C)=CCCC(C)=CCCC(C)=CCc1c(O)cc2c(c1O)C(=O)C[C@@H](c1ccc(O)c(O)c1)O2. The second-order valence-corrected chi connectivity index (χ2v) is 9.74. The number of fused-ring (bicyclic) bond motifs is 1. The van der Waals surface area contributed by atoms with E-state index < -0.39 is 6.10 Å². The minimum atomic E-state index is -0.707. The average Bonchev–Trinajstić information content (AvgIpc) is 2.79. The zero-order chi connectivity index (χ0) is 26.4. The summed E-state index contributed by atoms with van der Waals surface area (Å²) in [7, 11) is 0. The lowest BCUT2D eigenvalue weighted by Crippen LogP contribution is -2.21. The number of allylic oxidation sites excluding steroid dienone is 6. The number of hydrogen-bond donors (Lipinski definition) is 4. The Hall–Kier alpha value is -3.67. The molecule has 0 amide bonds. The second kappa shape index (κ2) is 11.8. The highest BCUT2D eigenvalue weighted by atomic mass is 16.5. The molecule has 1 atom stereocenters. The van der Waals surface area contributed by atoms with Crippen LogP contribution in [0.3, 0.4) is 0 Å². The topological polar surface area (TPSA) is 107 Å². The molecule has 0 saturated carbocycles. The molecular weight excluding hydrogens is 456 g/mol. The van der Waals surface area contributed by atoms with Crippen molar-refractivity contribution in [2.24, 2.45) is 0 Å². The number of hydrogen-bond acceptors (Lipinski definition) is 6.